The van der Waals surface area contributed by atoms with Gasteiger partial charge in [0, 0.05) is 6.42 Å². The van der Waals surface area contributed by atoms with E-state index in [1.807, 2.05) is 0 Å². The topological polar surface area (TPSA) is 55.5 Å². The van der Waals surface area contributed by atoms with Crippen molar-refractivity contribution >= 4 is 0 Å². The van der Waals surface area contributed by atoms with Crippen LogP contribution in [-0.2, 0) is 4.74 Å². The lowest BCUT2D eigenvalue weighted by atomic mass is 10.1. The highest BCUT2D eigenvalue weighted by atomic mass is 16.6. The summed E-state index contributed by atoms with van der Waals surface area (Å²) in [7, 11) is 0. The van der Waals surface area contributed by atoms with Crippen molar-refractivity contribution in [3.63, 3.8) is 0 Å². The first-order valence-electron chi connectivity index (χ1n) is 4.16. The summed E-state index contributed by atoms with van der Waals surface area (Å²) in [4.78, 5) is 0. The van der Waals surface area contributed by atoms with E-state index in [9.17, 15) is 5.11 Å². The highest BCUT2D eigenvalue weighted by Crippen LogP contribution is 2.05. The molecule has 0 fully saturated rings. The second-order valence-corrected chi connectivity index (χ2v) is 3.10. The van der Waals surface area contributed by atoms with Crippen LogP contribution < -0.4 is 5.73 Å². The highest BCUT2D eigenvalue weighted by molar-refractivity contribution is 4.48. The fourth-order valence-electron chi connectivity index (χ4n) is 0.774. The van der Waals surface area contributed by atoms with Gasteiger partial charge in [0.2, 0.25) is 0 Å². The van der Waals surface area contributed by atoms with Crippen LogP contribution >= 0.6 is 0 Å². The Balaban J connectivity index is 3.15. The number of rotatable bonds is 6. The Morgan fingerprint density at radius 2 is 2.09 bits per heavy atom. The number of aliphatic hydroxyl groups excluding tert-OH is 1. The molecule has 3 heteroatoms. The molecule has 0 aromatic carbocycles. The molecule has 3 nitrogen and oxygen atoms in total. The van der Waals surface area contributed by atoms with E-state index in [0.717, 1.165) is 6.42 Å². The highest BCUT2D eigenvalue weighted by Gasteiger charge is 2.05. The van der Waals surface area contributed by atoms with Crippen LogP contribution in [0.5, 0.6) is 0 Å². The van der Waals surface area contributed by atoms with Gasteiger partial charge in [-0.15, -0.1) is 0 Å². The van der Waals surface area contributed by atoms with E-state index in [-0.39, 0.29) is 0 Å². The zero-order valence-electron chi connectivity index (χ0n) is 7.42. The third-order valence-electron chi connectivity index (χ3n) is 1.33. The van der Waals surface area contributed by atoms with Gasteiger partial charge in [-0.05, 0) is 18.9 Å². The van der Waals surface area contributed by atoms with Gasteiger partial charge >= 0.3 is 0 Å². The largest absolute Gasteiger partial charge is 0.368 e. The van der Waals surface area contributed by atoms with Gasteiger partial charge in [0.15, 0.2) is 6.29 Å². The minimum absolute atomic E-state index is 0.475. The lowest BCUT2D eigenvalue weighted by molar-refractivity contribution is -0.109. The van der Waals surface area contributed by atoms with Crippen molar-refractivity contribution in [3.8, 4) is 0 Å². The predicted molar refractivity (Wildman–Crippen MR) is 45.1 cm³/mol. The Hall–Kier alpha value is -0.120. The van der Waals surface area contributed by atoms with E-state index in [0.29, 0.717) is 25.5 Å². The fraction of sp³-hybridized carbons (Fsp3) is 1.00. The quantitative estimate of drug-likeness (QED) is 0.446. The van der Waals surface area contributed by atoms with Gasteiger partial charge in [-0.1, -0.05) is 13.8 Å². The normalized spacial score (nSPS) is 13.9. The summed E-state index contributed by atoms with van der Waals surface area (Å²) in [5.74, 6) is 0.475. The molecule has 0 amide bonds. The fourth-order valence-corrected chi connectivity index (χ4v) is 0.774. The van der Waals surface area contributed by atoms with Crippen LogP contribution in [0.3, 0.4) is 0 Å². The van der Waals surface area contributed by atoms with Gasteiger partial charge in [0.05, 0.1) is 6.61 Å². The molecule has 0 saturated carbocycles. The molecule has 0 aliphatic heterocycles. The first kappa shape index (κ1) is 10.9. The van der Waals surface area contributed by atoms with Crippen molar-refractivity contribution in [2.45, 2.75) is 33.0 Å². The summed E-state index contributed by atoms with van der Waals surface area (Å²) >= 11 is 0. The van der Waals surface area contributed by atoms with Crippen molar-refractivity contribution in [2.75, 3.05) is 13.2 Å². The van der Waals surface area contributed by atoms with Crippen LogP contribution in [0.4, 0.5) is 0 Å². The maximum atomic E-state index is 9.18. The minimum Gasteiger partial charge on any atom is -0.368 e. The summed E-state index contributed by atoms with van der Waals surface area (Å²) in [6.45, 7) is 5.28. The Morgan fingerprint density at radius 1 is 1.45 bits per heavy atom. The molecule has 0 saturated heterocycles. The van der Waals surface area contributed by atoms with Crippen molar-refractivity contribution in [2.24, 2.45) is 11.7 Å². The second kappa shape index (κ2) is 6.58. The number of nitrogens with two attached hydrogens (primary N) is 1. The van der Waals surface area contributed by atoms with E-state index in [2.05, 4.69) is 13.8 Å². The van der Waals surface area contributed by atoms with Gasteiger partial charge in [0.1, 0.15) is 0 Å². The van der Waals surface area contributed by atoms with Crippen molar-refractivity contribution in [3.05, 3.63) is 0 Å². The van der Waals surface area contributed by atoms with Crippen LogP contribution in [0.15, 0.2) is 0 Å². The zero-order valence-corrected chi connectivity index (χ0v) is 7.42. The molecule has 0 aromatic heterocycles. The van der Waals surface area contributed by atoms with E-state index >= 15 is 0 Å². The van der Waals surface area contributed by atoms with Crippen LogP contribution in [-0.4, -0.2) is 24.5 Å². The van der Waals surface area contributed by atoms with Gasteiger partial charge in [-0.2, -0.15) is 0 Å². The summed E-state index contributed by atoms with van der Waals surface area (Å²) in [6, 6.07) is 0. The molecule has 0 spiro atoms. The van der Waals surface area contributed by atoms with Crippen LogP contribution in [0.2, 0.25) is 0 Å². The molecule has 0 aliphatic rings. The Morgan fingerprint density at radius 3 is 2.55 bits per heavy atom. The van der Waals surface area contributed by atoms with E-state index in [4.69, 9.17) is 10.5 Å². The average molecular weight is 161 g/mol. The standard InChI is InChI=1S/C8H19NO2/c1-7(2)6-8(10)11-5-3-4-9/h7-8,10H,3-6,9H2,1-2H3. The first-order valence-corrected chi connectivity index (χ1v) is 4.16. The SMILES string of the molecule is CC(C)CC(O)OCCCN. The second-order valence-electron chi connectivity index (χ2n) is 3.10. The number of ether oxygens (including phenoxy) is 1. The number of hydrogen-bond acceptors (Lipinski definition) is 3. The van der Waals surface area contributed by atoms with Crippen LogP contribution in [0, 0.1) is 5.92 Å². The molecular weight excluding hydrogens is 142 g/mol. The summed E-state index contributed by atoms with van der Waals surface area (Å²) in [5, 5.41) is 9.18. The molecule has 11 heavy (non-hydrogen) atoms. The van der Waals surface area contributed by atoms with Crippen LogP contribution in [0.1, 0.15) is 26.7 Å². The molecule has 1 atom stereocenters. The lowest BCUT2D eigenvalue weighted by Gasteiger charge is -2.13. The molecule has 3 N–H and O–H groups in total. The summed E-state index contributed by atoms with van der Waals surface area (Å²) in [5.41, 5.74) is 5.25. The number of hydrogen-bond donors (Lipinski definition) is 2. The van der Waals surface area contributed by atoms with Gasteiger partial charge < -0.3 is 15.6 Å². The molecule has 1 unspecified atom stereocenters. The molecule has 0 radical (unpaired) electrons. The number of aliphatic hydroxyl groups is 1. The maximum absolute atomic E-state index is 9.18. The van der Waals surface area contributed by atoms with Crippen molar-refractivity contribution in [1.29, 1.82) is 0 Å². The Labute approximate surface area is 68.5 Å². The summed E-state index contributed by atoms with van der Waals surface area (Å²) in [6.07, 6.45) is 0.904. The van der Waals surface area contributed by atoms with E-state index in [1.54, 1.807) is 0 Å². The molecule has 0 heterocycles. The maximum Gasteiger partial charge on any atom is 0.154 e. The van der Waals surface area contributed by atoms with Crippen molar-refractivity contribution < 1.29 is 9.84 Å². The smallest absolute Gasteiger partial charge is 0.154 e. The Kier molecular flexibility index (Phi) is 6.51. The molecule has 0 aliphatic carbocycles. The molecule has 68 valence electrons. The third-order valence-corrected chi connectivity index (χ3v) is 1.33. The Bertz CT molecular complexity index is 86.2. The van der Waals surface area contributed by atoms with Gasteiger partial charge in [0.25, 0.3) is 0 Å². The molecular formula is C8H19NO2. The minimum atomic E-state index is -0.610. The van der Waals surface area contributed by atoms with Gasteiger partial charge in [-0.25, -0.2) is 0 Å². The first-order chi connectivity index (χ1) is 5.16. The lowest BCUT2D eigenvalue weighted by Crippen LogP contribution is -2.16. The molecule has 0 bridgehead atoms. The molecule has 0 aromatic rings. The summed E-state index contributed by atoms with van der Waals surface area (Å²) < 4.78 is 5.07. The third kappa shape index (κ3) is 7.78. The monoisotopic (exact) mass is 161 g/mol. The average Bonchev–Trinajstić information content (AvgIpc) is 1.86. The predicted octanol–water partition coefficient (Wildman–Crippen LogP) is 0.716. The van der Waals surface area contributed by atoms with E-state index in [1.165, 1.54) is 0 Å². The van der Waals surface area contributed by atoms with Crippen LogP contribution in [0.25, 0.3) is 0 Å². The van der Waals surface area contributed by atoms with Gasteiger partial charge in [-0.3, -0.25) is 0 Å². The van der Waals surface area contributed by atoms with E-state index < -0.39 is 6.29 Å². The zero-order chi connectivity index (χ0) is 8.69. The molecule has 0 rings (SSSR count). The van der Waals surface area contributed by atoms with Crippen molar-refractivity contribution in [1.82, 2.24) is 0 Å².